The lowest BCUT2D eigenvalue weighted by molar-refractivity contribution is 0.00139. The summed E-state index contributed by atoms with van der Waals surface area (Å²) in [5.74, 6) is 1.51. The van der Waals surface area contributed by atoms with E-state index < -0.39 is 0 Å². The number of benzene rings is 1. The number of hydrogen-bond donors (Lipinski definition) is 1. The van der Waals surface area contributed by atoms with Crippen LogP contribution in [0.15, 0.2) is 18.2 Å². The Labute approximate surface area is 120 Å². The summed E-state index contributed by atoms with van der Waals surface area (Å²) in [6, 6.07) is 6.82. The lowest BCUT2D eigenvalue weighted by atomic mass is 9.91. The van der Waals surface area contributed by atoms with Crippen LogP contribution in [0.1, 0.15) is 36.9 Å². The van der Waals surface area contributed by atoms with E-state index in [0.29, 0.717) is 12.5 Å². The first kappa shape index (κ1) is 13.9. The van der Waals surface area contributed by atoms with E-state index in [0.717, 1.165) is 32.1 Å². The van der Waals surface area contributed by atoms with Gasteiger partial charge in [-0.25, -0.2) is 0 Å². The van der Waals surface area contributed by atoms with Gasteiger partial charge in [0.25, 0.3) is 0 Å². The van der Waals surface area contributed by atoms with E-state index >= 15 is 0 Å². The second kappa shape index (κ2) is 5.72. The van der Waals surface area contributed by atoms with E-state index in [-0.39, 0.29) is 12.1 Å². The molecule has 0 radical (unpaired) electrons. The van der Waals surface area contributed by atoms with Crippen LogP contribution in [-0.4, -0.2) is 43.9 Å². The van der Waals surface area contributed by atoms with Gasteiger partial charge in [0.2, 0.25) is 0 Å². The minimum Gasteiger partial charge on any atom is -0.492 e. The Morgan fingerprint density at radius 2 is 2.00 bits per heavy atom. The quantitative estimate of drug-likeness (QED) is 0.896. The Morgan fingerprint density at radius 3 is 2.70 bits per heavy atom. The van der Waals surface area contributed by atoms with Gasteiger partial charge in [-0.3, -0.25) is 4.90 Å². The summed E-state index contributed by atoms with van der Waals surface area (Å²) in [5.41, 5.74) is 8.94. The zero-order valence-corrected chi connectivity index (χ0v) is 12.3. The Balaban J connectivity index is 1.95. The number of rotatable bonds is 2. The maximum Gasteiger partial charge on any atom is 0.124 e. The van der Waals surface area contributed by atoms with Crippen LogP contribution < -0.4 is 10.5 Å². The zero-order chi connectivity index (χ0) is 14.1. The second-order valence-electron chi connectivity index (χ2n) is 6.02. The van der Waals surface area contributed by atoms with Crippen molar-refractivity contribution in [3.63, 3.8) is 0 Å². The maximum absolute atomic E-state index is 6.34. The lowest BCUT2D eigenvalue weighted by Gasteiger charge is -2.41. The molecule has 110 valence electrons. The predicted octanol–water partition coefficient (Wildman–Crippen LogP) is 1.90. The Morgan fingerprint density at radius 1 is 1.25 bits per heavy atom. The highest BCUT2D eigenvalue weighted by Crippen LogP contribution is 2.37. The van der Waals surface area contributed by atoms with Gasteiger partial charge in [-0.15, -0.1) is 0 Å². The molecule has 0 aromatic heterocycles. The first-order valence-corrected chi connectivity index (χ1v) is 7.51. The third-order valence-electron chi connectivity index (χ3n) is 4.30. The fourth-order valence-electron chi connectivity index (χ4n) is 3.12. The second-order valence-corrected chi connectivity index (χ2v) is 6.02. The van der Waals surface area contributed by atoms with E-state index in [1.165, 1.54) is 11.1 Å². The summed E-state index contributed by atoms with van der Waals surface area (Å²) >= 11 is 0. The molecule has 2 N–H and O–H groups in total. The van der Waals surface area contributed by atoms with Gasteiger partial charge in [-0.05, 0) is 17.5 Å². The van der Waals surface area contributed by atoms with Crippen LogP contribution in [0.3, 0.4) is 0 Å². The molecule has 0 saturated carbocycles. The summed E-state index contributed by atoms with van der Waals surface area (Å²) in [6.45, 7) is 8.51. The molecule has 3 rings (SSSR count). The Kier molecular flexibility index (Phi) is 3.96. The largest absolute Gasteiger partial charge is 0.492 e. The molecule has 1 aromatic carbocycles. The summed E-state index contributed by atoms with van der Waals surface area (Å²) < 4.78 is 11.3. The van der Waals surface area contributed by atoms with E-state index in [4.69, 9.17) is 15.2 Å². The number of ether oxygens (including phenoxy) is 2. The first-order chi connectivity index (χ1) is 9.66. The molecule has 0 aliphatic carbocycles. The molecule has 2 aliphatic rings. The van der Waals surface area contributed by atoms with Gasteiger partial charge >= 0.3 is 0 Å². The SMILES string of the molecule is CC(C)c1ccc2c(c1)C(N1CCOCC1)C(N)CO2. The van der Waals surface area contributed by atoms with Gasteiger partial charge in [-0.2, -0.15) is 0 Å². The van der Waals surface area contributed by atoms with Crippen molar-refractivity contribution in [1.29, 1.82) is 0 Å². The predicted molar refractivity (Wildman–Crippen MR) is 79.1 cm³/mol. The minimum absolute atomic E-state index is 0.0306. The van der Waals surface area contributed by atoms with Gasteiger partial charge in [-0.1, -0.05) is 26.0 Å². The van der Waals surface area contributed by atoms with Crippen LogP contribution in [0, 0.1) is 0 Å². The van der Waals surface area contributed by atoms with Crippen LogP contribution in [0.4, 0.5) is 0 Å². The molecule has 1 aromatic rings. The molecule has 2 atom stereocenters. The Hall–Kier alpha value is -1.10. The highest BCUT2D eigenvalue weighted by Gasteiger charge is 2.34. The third kappa shape index (κ3) is 2.55. The number of morpholine rings is 1. The fraction of sp³-hybridized carbons (Fsp3) is 0.625. The maximum atomic E-state index is 6.34. The molecule has 2 aliphatic heterocycles. The van der Waals surface area contributed by atoms with Gasteiger partial charge in [0.05, 0.1) is 25.3 Å². The van der Waals surface area contributed by atoms with E-state index in [1.54, 1.807) is 0 Å². The average Bonchev–Trinajstić information content (AvgIpc) is 2.47. The molecule has 1 saturated heterocycles. The van der Waals surface area contributed by atoms with Crippen molar-refractivity contribution in [3.8, 4) is 5.75 Å². The molecule has 2 heterocycles. The van der Waals surface area contributed by atoms with Gasteiger partial charge in [0, 0.05) is 18.7 Å². The Bertz CT molecular complexity index is 470. The zero-order valence-electron chi connectivity index (χ0n) is 12.3. The van der Waals surface area contributed by atoms with Crippen LogP contribution in [0.25, 0.3) is 0 Å². The third-order valence-corrected chi connectivity index (χ3v) is 4.30. The van der Waals surface area contributed by atoms with Crippen molar-refractivity contribution in [2.24, 2.45) is 5.73 Å². The van der Waals surface area contributed by atoms with Crippen LogP contribution in [-0.2, 0) is 4.74 Å². The van der Waals surface area contributed by atoms with Gasteiger partial charge in [0.1, 0.15) is 12.4 Å². The van der Waals surface area contributed by atoms with Gasteiger partial charge < -0.3 is 15.2 Å². The van der Waals surface area contributed by atoms with Crippen molar-refractivity contribution in [1.82, 2.24) is 4.90 Å². The number of nitrogens with zero attached hydrogens (tertiary/aromatic N) is 1. The van der Waals surface area contributed by atoms with Crippen LogP contribution >= 0.6 is 0 Å². The van der Waals surface area contributed by atoms with Crippen molar-refractivity contribution < 1.29 is 9.47 Å². The summed E-state index contributed by atoms with van der Waals surface area (Å²) in [4.78, 5) is 2.44. The molecule has 0 spiro atoms. The molecule has 0 bridgehead atoms. The highest BCUT2D eigenvalue weighted by molar-refractivity contribution is 5.42. The fourth-order valence-corrected chi connectivity index (χ4v) is 3.12. The molecule has 0 amide bonds. The molecular weight excluding hydrogens is 252 g/mol. The highest BCUT2D eigenvalue weighted by atomic mass is 16.5. The molecule has 20 heavy (non-hydrogen) atoms. The summed E-state index contributed by atoms with van der Waals surface area (Å²) in [5, 5.41) is 0. The molecule has 1 fully saturated rings. The van der Waals surface area contributed by atoms with E-state index in [9.17, 15) is 0 Å². The number of hydrogen-bond acceptors (Lipinski definition) is 4. The number of fused-ring (bicyclic) bond motifs is 1. The smallest absolute Gasteiger partial charge is 0.124 e. The first-order valence-electron chi connectivity index (χ1n) is 7.51. The van der Waals surface area contributed by atoms with E-state index in [1.807, 2.05) is 0 Å². The van der Waals surface area contributed by atoms with E-state index in [2.05, 4.69) is 36.9 Å². The van der Waals surface area contributed by atoms with Gasteiger partial charge in [0.15, 0.2) is 0 Å². The minimum atomic E-state index is 0.0306. The van der Waals surface area contributed by atoms with Crippen molar-refractivity contribution in [3.05, 3.63) is 29.3 Å². The molecule has 2 unspecified atom stereocenters. The average molecular weight is 276 g/mol. The topological polar surface area (TPSA) is 47.7 Å². The van der Waals surface area contributed by atoms with Crippen molar-refractivity contribution >= 4 is 0 Å². The lowest BCUT2D eigenvalue weighted by Crippen LogP contribution is -2.50. The monoisotopic (exact) mass is 276 g/mol. The van der Waals surface area contributed by atoms with Crippen molar-refractivity contribution in [2.45, 2.75) is 31.8 Å². The van der Waals surface area contributed by atoms with Crippen molar-refractivity contribution in [2.75, 3.05) is 32.9 Å². The standard InChI is InChI=1S/C16H24N2O2/c1-11(2)12-3-4-15-13(9-12)16(14(17)10-20-15)18-5-7-19-8-6-18/h3-4,9,11,14,16H,5-8,10,17H2,1-2H3. The summed E-state index contributed by atoms with van der Waals surface area (Å²) in [7, 11) is 0. The summed E-state index contributed by atoms with van der Waals surface area (Å²) in [6.07, 6.45) is 0. The van der Waals surface area contributed by atoms with Crippen LogP contribution in [0.5, 0.6) is 5.75 Å². The number of nitrogens with two attached hydrogens (primary N) is 1. The normalized spacial score (nSPS) is 27.2. The molecule has 4 heteroatoms. The molecular formula is C16H24N2O2. The molecule has 4 nitrogen and oxygen atoms in total. The van der Waals surface area contributed by atoms with Crippen LogP contribution in [0.2, 0.25) is 0 Å².